The Bertz CT molecular complexity index is 841. The molecule has 8 nitrogen and oxygen atoms in total. The molecule has 2 aromatic carbocycles. The minimum Gasteiger partial charge on any atom is -0.507 e. The Balaban J connectivity index is 0.00000364. The number of halogens is 1. The number of benzene rings is 2. The number of anilines is 1. The second-order valence-electron chi connectivity index (χ2n) is 5.47. The summed E-state index contributed by atoms with van der Waals surface area (Å²) >= 11 is 0. The molecule has 0 aliphatic heterocycles. The van der Waals surface area contributed by atoms with E-state index in [0.29, 0.717) is 25.1 Å². The molecule has 0 saturated heterocycles. The molecule has 144 valence electrons. The Hall–Kier alpha value is -3.10. The molecule has 0 atom stereocenters. The van der Waals surface area contributed by atoms with Gasteiger partial charge in [0.2, 0.25) is 0 Å². The average molecular weight is 394 g/mol. The fourth-order valence-electron chi connectivity index (χ4n) is 2.20. The van der Waals surface area contributed by atoms with Crippen molar-refractivity contribution in [3.63, 3.8) is 0 Å². The largest absolute Gasteiger partial charge is 0.507 e. The number of phenols is 1. The van der Waals surface area contributed by atoms with E-state index < -0.39 is 17.6 Å². The summed E-state index contributed by atoms with van der Waals surface area (Å²) in [5.41, 5.74) is 5.82. The molecular weight excluding hydrogens is 374 g/mol. The van der Waals surface area contributed by atoms with Gasteiger partial charge in [-0.15, -0.1) is 12.4 Å². The first-order chi connectivity index (χ1) is 12.4. The molecule has 6 N–H and O–H groups in total. The molecule has 0 unspecified atom stereocenters. The maximum Gasteiger partial charge on any atom is 0.339 e. The zero-order chi connectivity index (χ0) is 19.1. The Kier molecular flexibility index (Phi) is 8.25. The number of carboxylic acids is 1. The number of carbonyl (C=O) groups excluding carboxylic acids is 2. The summed E-state index contributed by atoms with van der Waals surface area (Å²) < 4.78 is 0. The second kappa shape index (κ2) is 10.1. The van der Waals surface area contributed by atoms with Crippen molar-refractivity contribution in [3.05, 3.63) is 59.2 Å². The maximum atomic E-state index is 12.3. The number of amides is 2. The van der Waals surface area contributed by atoms with Crippen LogP contribution in [0.25, 0.3) is 0 Å². The van der Waals surface area contributed by atoms with E-state index in [1.807, 2.05) is 0 Å². The maximum absolute atomic E-state index is 12.3. The van der Waals surface area contributed by atoms with Crippen molar-refractivity contribution >= 4 is 35.9 Å². The molecule has 0 aromatic heterocycles. The summed E-state index contributed by atoms with van der Waals surface area (Å²) in [7, 11) is 0. The van der Waals surface area contributed by atoms with Gasteiger partial charge >= 0.3 is 5.97 Å². The highest BCUT2D eigenvalue weighted by Crippen LogP contribution is 2.22. The van der Waals surface area contributed by atoms with Crippen molar-refractivity contribution in [1.29, 1.82) is 0 Å². The number of nitrogens with one attached hydrogen (secondary N) is 2. The molecule has 2 amide bonds. The molecule has 2 rings (SSSR count). The van der Waals surface area contributed by atoms with Crippen LogP contribution in [0.2, 0.25) is 0 Å². The molecule has 0 aliphatic carbocycles. The van der Waals surface area contributed by atoms with Crippen LogP contribution in [-0.4, -0.2) is 41.1 Å². The number of carbonyl (C=O) groups is 3. The first kappa shape index (κ1) is 21.9. The van der Waals surface area contributed by atoms with E-state index in [0.717, 1.165) is 6.07 Å². The normalized spacial score (nSPS) is 9.81. The third-order valence-electron chi connectivity index (χ3n) is 3.54. The topological polar surface area (TPSA) is 142 Å². The van der Waals surface area contributed by atoms with Gasteiger partial charge in [-0.1, -0.05) is 6.07 Å². The fraction of sp³-hybridized carbons (Fsp3) is 0.167. The fourth-order valence-corrected chi connectivity index (χ4v) is 2.20. The van der Waals surface area contributed by atoms with E-state index >= 15 is 0 Å². The lowest BCUT2D eigenvalue weighted by Gasteiger charge is -2.09. The van der Waals surface area contributed by atoms with Gasteiger partial charge in [0.25, 0.3) is 11.8 Å². The Morgan fingerprint density at radius 2 is 1.67 bits per heavy atom. The molecule has 0 saturated carbocycles. The van der Waals surface area contributed by atoms with Gasteiger partial charge in [0.1, 0.15) is 11.3 Å². The first-order valence-electron chi connectivity index (χ1n) is 7.88. The van der Waals surface area contributed by atoms with Crippen LogP contribution in [0.3, 0.4) is 0 Å². The molecule has 0 fully saturated rings. The lowest BCUT2D eigenvalue weighted by atomic mass is 10.1. The quantitative estimate of drug-likeness (QED) is 0.359. The SMILES string of the molecule is Cl.NCCCNC(=O)c1cccc(C(=O)Nc2ccc(O)c(C(=O)O)c2)c1. The van der Waals surface area contributed by atoms with Crippen LogP contribution >= 0.6 is 12.4 Å². The summed E-state index contributed by atoms with van der Waals surface area (Å²) in [6, 6.07) is 9.84. The zero-order valence-corrected chi connectivity index (χ0v) is 15.1. The van der Waals surface area contributed by atoms with Gasteiger partial charge in [-0.3, -0.25) is 9.59 Å². The highest BCUT2D eigenvalue weighted by atomic mass is 35.5. The molecule has 0 radical (unpaired) electrons. The van der Waals surface area contributed by atoms with Gasteiger partial charge in [0.15, 0.2) is 0 Å². The summed E-state index contributed by atoms with van der Waals surface area (Å²) in [6.07, 6.45) is 0.651. The number of rotatable bonds is 7. The summed E-state index contributed by atoms with van der Waals surface area (Å²) in [5, 5.41) is 23.7. The van der Waals surface area contributed by atoms with Crippen LogP contribution in [0.15, 0.2) is 42.5 Å². The number of hydrogen-bond acceptors (Lipinski definition) is 5. The number of hydrogen-bond donors (Lipinski definition) is 5. The standard InChI is InChI=1S/C18H19N3O5.ClH/c19-7-2-8-20-16(23)11-3-1-4-12(9-11)17(24)21-13-5-6-15(22)14(10-13)18(25)26;/h1,3-6,9-10,22H,2,7-8,19H2,(H,20,23)(H,21,24)(H,25,26);1H. The Labute approximate surface area is 161 Å². The van der Waals surface area contributed by atoms with E-state index in [2.05, 4.69) is 10.6 Å². The lowest BCUT2D eigenvalue weighted by molar-refractivity contribution is 0.0693. The molecular formula is C18H20ClN3O5. The molecule has 0 bridgehead atoms. The van der Waals surface area contributed by atoms with Crippen LogP contribution in [0.5, 0.6) is 5.75 Å². The van der Waals surface area contributed by atoms with Crippen LogP contribution in [0, 0.1) is 0 Å². The average Bonchev–Trinajstić information content (AvgIpc) is 2.63. The summed E-state index contributed by atoms with van der Waals surface area (Å²) in [5.74, 6) is -2.53. The third-order valence-corrected chi connectivity index (χ3v) is 3.54. The highest BCUT2D eigenvalue weighted by Gasteiger charge is 2.14. The zero-order valence-electron chi connectivity index (χ0n) is 14.3. The molecule has 9 heteroatoms. The van der Waals surface area contributed by atoms with Gasteiger partial charge in [0, 0.05) is 23.4 Å². The summed E-state index contributed by atoms with van der Waals surface area (Å²) in [4.78, 5) is 35.4. The van der Waals surface area contributed by atoms with E-state index in [1.54, 1.807) is 12.1 Å². The predicted octanol–water partition coefficient (Wildman–Crippen LogP) is 1.84. The van der Waals surface area contributed by atoms with Gasteiger partial charge in [-0.25, -0.2) is 4.79 Å². The lowest BCUT2D eigenvalue weighted by Crippen LogP contribution is -2.26. The third kappa shape index (κ3) is 5.98. The van der Waals surface area contributed by atoms with Crippen LogP contribution in [-0.2, 0) is 0 Å². The van der Waals surface area contributed by atoms with Crippen molar-refractivity contribution in [3.8, 4) is 5.75 Å². The van der Waals surface area contributed by atoms with Crippen molar-refractivity contribution < 1.29 is 24.6 Å². The number of aromatic hydroxyl groups is 1. The van der Waals surface area contributed by atoms with Gasteiger partial charge in [0.05, 0.1) is 0 Å². The van der Waals surface area contributed by atoms with E-state index in [-0.39, 0.29) is 35.1 Å². The minimum absolute atomic E-state index is 0. The number of aromatic carboxylic acids is 1. The number of nitrogens with two attached hydrogens (primary N) is 1. The molecule has 0 heterocycles. The summed E-state index contributed by atoms with van der Waals surface area (Å²) in [6.45, 7) is 0.908. The Morgan fingerprint density at radius 3 is 2.30 bits per heavy atom. The highest BCUT2D eigenvalue weighted by molar-refractivity contribution is 6.06. The van der Waals surface area contributed by atoms with Crippen molar-refractivity contribution in [2.24, 2.45) is 5.73 Å². The van der Waals surface area contributed by atoms with Gasteiger partial charge < -0.3 is 26.6 Å². The predicted molar refractivity (Wildman–Crippen MR) is 103 cm³/mol. The number of carboxylic acid groups (broad SMARTS) is 1. The van der Waals surface area contributed by atoms with E-state index in [1.165, 1.54) is 24.3 Å². The van der Waals surface area contributed by atoms with Crippen LogP contribution in [0.1, 0.15) is 37.5 Å². The molecule has 2 aromatic rings. The van der Waals surface area contributed by atoms with Crippen molar-refractivity contribution in [2.45, 2.75) is 6.42 Å². The molecule has 27 heavy (non-hydrogen) atoms. The first-order valence-corrected chi connectivity index (χ1v) is 7.88. The molecule has 0 aliphatic rings. The van der Waals surface area contributed by atoms with E-state index in [4.69, 9.17) is 10.8 Å². The Morgan fingerprint density at radius 1 is 1.00 bits per heavy atom. The van der Waals surface area contributed by atoms with Crippen molar-refractivity contribution in [2.75, 3.05) is 18.4 Å². The second-order valence-corrected chi connectivity index (χ2v) is 5.47. The smallest absolute Gasteiger partial charge is 0.339 e. The molecule has 0 spiro atoms. The van der Waals surface area contributed by atoms with Gasteiger partial charge in [-0.05, 0) is 49.4 Å². The van der Waals surface area contributed by atoms with E-state index in [9.17, 15) is 19.5 Å². The van der Waals surface area contributed by atoms with Crippen LogP contribution in [0.4, 0.5) is 5.69 Å². The van der Waals surface area contributed by atoms with Crippen LogP contribution < -0.4 is 16.4 Å². The van der Waals surface area contributed by atoms with Crippen molar-refractivity contribution in [1.82, 2.24) is 5.32 Å². The van der Waals surface area contributed by atoms with Gasteiger partial charge in [-0.2, -0.15) is 0 Å². The minimum atomic E-state index is -1.31. The monoisotopic (exact) mass is 393 g/mol.